The Morgan fingerprint density at radius 3 is 2.59 bits per heavy atom. The molecule has 0 fully saturated rings. The van der Waals surface area contributed by atoms with E-state index in [0.29, 0.717) is 17.1 Å². The van der Waals surface area contributed by atoms with E-state index in [1.165, 1.54) is 10.6 Å². The zero-order valence-electron chi connectivity index (χ0n) is 9.36. The highest BCUT2D eigenvalue weighted by Crippen LogP contribution is 2.19. The molecule has 5 heteroatoms. The van der Waals surface area contributed by atoms with Crippen molar-refractivity contribution in [2.24, 2.45) is 0 Å². The summed E-state index contributed by atoms with van der Waals surface area (Å²) in [5.41, 5.74) is 0.178. The summed E-state index contributed by atoms with van der Waals surface area (Å²) in [7, 11) is 0. The highest BCUT2D eigenvalue weighted by atomic mass is 35.5. The van der Waals surface area contributed by atoms with E-state index in [0.717, 1.165) is 0 Å². The van der Waals surface area contributed by atoms with E-state index in [1.54, 1.807) is 29.1 Å². The second-order valence-corrected chi connectivity index (χ2v) is 4.10. The van der Waals surface area contributed by atoms with Gasteiger partial charge >= 0.3 is 5.69 Å². The van der Waals surface area contributed by atoms with Gasteiger partial charge in [0.05, 0.1) is 6.54 Å². The molecule has 0 aliphatic rings. The van der Waals surface area contributed by atoms with E-state index >= 15 is 0 Å². The Balaban J connectivity index is 2.38. The van der Waals surface area contributed by atoms with Crippen molar-refractivity contribution < 1.29 is 4.39 Å². The largest absolute Gasteiger partial charge is 0.328 e. The van der Waals surface area contributed by atoms with Gasteiger partial charge in [0, 0.05) is 29.5 Å². The molecule has 0 aliphatic carbocycles. The van der Waals surface area contributed by atoms with E-state index < -0.39 is 5.82 Å². The molecule has 0 spiro atoms. The number of aromatic nitrogens is 2. The molecule has 17 heavy (non-hydrogen) atoms. The number of benzene rings is 1. The molecule has 2 aromatic rings. The van der Waals surface area contributed by atoms with Crippen LogP contribution in [0.25, 0.3) is 0 Å². The first-order chi connectivity index (χ1) is 8.13. The molecule has 0 amide bonds. The van der Waals surface area contributed by atoms with E-state index in [1.807, 2.05) is 6.92 Å². The van der Waals surface area contributed by atoms with Gasteiger partial charge < -0.3 is 0 Å². The van der Waals surface area contributed by atoms with Crippen LogP contribution in [0.1, 0.15) is 12.5 Å². The molecular formula is C12H12ClFN2O. The van der Waals surface area contributed by atoms with Gasteiger partial charge in [-0.25, -0.2) is 9.18 Å². The molecule has 1 heterocycles. The molecule has 2 rings (SSSR count). The van der Waals surface area contributed by atoms with E-state index in [2.05, 4.69) is 0 Å². The highest BCUT2D eigenvalue weighted by molar-refractivity contribution is 6.31. The second kappa shape index (κ2) is 4.75. The average molecular weight is 255 g/mol. The lowest BCUT2D eigenvalue weighted by Crippen LogP contribution is -2.24. The Morgan fingerprint density at radius 2 is 2.00 bits per heavy atom. The summed E-state index contributed by atoms with van der Waals surface area (Å²) < 4.78 is 16.5. The van der Waals surface area contributed by atoms with Gasteiger partial charge in [-0.1, -0.05) is 17.7 Å². The normalized spacial score (nSPS) is 10.8. The fraction of sp³-hybridized carbons (Fsp3) is 0.250. The molecule has 0 radical (unpaired) electrons. The van der Waals surface area contributed by atoms with Crippen LogP contribution in [-0.4, -0.2) is 9.13 Å². The summed E-state index contributed by atoms with van der Waals surface area (Å²) in [5.74, 6) is -0.395. The van der Waals surface area contributed by atoms with Crippen molar-refractivity contribution in [3.05, 3.63) is 57.5 Å². The van der Waals surface area contributed by atoms with Crippen molar-refractivity contribution >= 4 is 11.6 Å². The predicted molar refractivity (Wildman–Crippen MR) is 64.9 cm³/mol. The van der Waals surface area contributed by atoms with Crippen LogP contribution in [0.3, 0.4) is 0 Å². The zero-order valence-corrected chi connectivity index (χ0v) is 10.1. The second-order valence-electron chi connectivity index (χ2n) is 3.69. The van der Waals surface area contributed by atoms with Crippen LogP contribution >= 0.6 is 11.6 Å². The summed E-state index contributed by atoms with van der Waals surface area (Å²) in [6, 6.07) is 4.49. The molecule has 0 N–H and O–H groups in total. The maximum absolute atomic E-state index is 13.5. The van der Waals surface area contributed by atoms with Gasteiger partial charge in [-0.05, 0) is 19.1 Å². The van der Waals surface area contributed by atoms with Crippen LogP contribution in [0.4, 0.5) is 4.39 Å². The Morgan fingerprint density at radius 1 is 1.29 bits per heavy atom. The molecule has 0 saturated heterocycles. The number of hydrogen-bond acceptors (Lipinski definition) is 1. The summed E-state index contributed by atoms with van der Waals surface area (Å²) in [6.07, 6.45) is 3.31. The van der Waals surface area contributed by atoms with Crippen molar-refractivity contribution in [3.8, 4) is 0 Å². The Kier molecular flexibility index (Phi) is 3.33. The first kappa shape index (κ1) is 11.9. The molecule has 1 aromatic heterocycles. The quantitative estimate of drug-likeness (QED) is 0.827. The minimum Gasteiger partial charge on any atom is -0.300 e. The first-order valence-electron chi connectivity index (χ1n) is 5.32. The van der Waals surface area contributed by atoms with Crippen molar-refractivity contribution in [2.75, 3.05) is 0 Å². The van der Waals surface area contributed by atoms with E-state index in [4.69, 9.17) is 11.6 Å². The maximum atomic E-state index is 13.5. The monoisotopic (exact) mass is 254 g/mol. The van der Waals surface area contributed by atoms with Crippen molar-refractivity contribution in [1.82, 2.24) is 9.13 Å². The summed E-state index contributed by atoms with van der Waals surface area (Å²) >= 11 is 5.91. The molecule has 0 saturated carbocycles. The van der Waals surface area contributed by atoms with Crippen molar-refractivity contribution in [2.45, 2.75) is 20.0 Å². The molecule has 1 aromatic carbocycles. The SMILES string of the molecule is CCn1ccn(Cc2c(F)cccc2Cl)c1=O. The number of imidazole rings is 1. The Labute approximate surface area is 103 Å². The van der Waals surface area contributed by atoms with Crippen LogP contribution in [0, 0.1) is 5.82 Å². The maximum Gasteiger partial charge on any atom is 0.328 e. The first-order valence-corrected chi connectivity index (χ1v) is 5.69. The van der Waals surface area contributed by atoms with Crippen LogP contribution in [-0.2, 0) is 13.1 Å². The topological polar surface area (TPSA) is 26.9 Å². The highest BCUT2D eigenvalue weighted by Gasteiger charge is 2.09. The third-order valence-corrected chi connectivity index (χ3v) is 3.00. The van der Waals surface area contributed by atoms with Crippen molar-refractivity contribution in [1.29, 1.82) is 0 Å². The summed E-state index contributed by atoms with van der Waals surface area (Å²) in [4.78, 5) is 11.8. The number of rotatable bonds is 3. The predicted octanol–water partition coefficient (Wildman–Crippen LogP) is 2.51. The molecule has 90 valence electrons. The van der Waals surface area contributed by atoms with Gasteiger partial charge in [0.15, 0.2) is 0 Å². The van der Waals surface area contributed by atoms with E-state index in [-0.39, 0.29) is 12.2 Å². The molecular weight excluding hydrogens is 243 g/mol. The Bertz CT molecular complexity index is 568. The standard InChI is InChI=1S/C12H12ClFN2O/c1-2-15-6-7-16(12(15)17)8-9-10(13)4-3-5-11(9)14/h3-7H,2,8H2,1H3. The molecule has 0 aliphatic heterocycles. The molecule has 3 nitrogen and oxygen atoms in total. The third kappa shape index (κ3) is 2.26. The van der Waals surface area contributed by atoms with Crippen LogP contribution in [0.15, 0.2) is 35.4 Å². The summed E-state index contributed by atoms with van der Waals surface area (Å²) in [6.45, 7) is 2.62. The van der Waals surface area contributed by atoms with E-state index in [9.17, 15) is 9.18 Å². The van der Waals surface area contributed by atoms with Gasteiger partial charge in [0.2, 0.25) is 0 Å². The van der Waals surface area contributed by atoms with Crippen LogP contribution in [0.2, 0.25) is 5.02 Å². The lowest BCUT2D eigenvalue weighted by atomic mass is 10.2. The van der Waals surface area contributed by atoms with Gasteiger partial charge in [0.25, 0.3) is 0 Å². The van der Waals surface area contributed by atoms with Crippen LogP contribution in [0.5, 0.6) is 0 Å². The molecule has 0 bridgehead atoms. The number of aryl methyl sites for hydroxylation is 1. The summed E-state index contributed by atoms with van der Waals surface area (Å²) in [5, 5.41) is 0.334. The smallest absolute Gasteiger partial charge is 0.300 e. The number of halogens is 2. The number of nitrogens with zero attached hydrogens (tertiary/aromatic N) is 2. The van der Waals surface area contributed by atoms with Gasteiger partial charge in [-0.2, -0.15) is 0 Å². The van der Waals surface area contributed by atoms with Gasteiger partial charge in [-0.15, -0.1) is 0 Å². The van der Waals surface area contributed by atoms with Crippen LogP contribution < -0.4 is 5.69 Å². The van der Waals surface area contributed by atoms with Gasteiger partial charge in [0.1, 0.15) is 5.82 Å². The zero-order chi connectivity index (χ0) is 12.4. The lowest BCUT2D eigenvalue weighted by Gasteiger charge is -2.05. The van der Waals surface area contributed by atoms with Crippen molar-refractivity contribution in [3.63, 3.8) is 0 Å². The fourth-order valence-corrected chi connectivity index (χ4v) is 1.89. The lowest BCUT2D eigenvalue weighted by molar-refractivity contribution is 0.591. The minimum absolute atomic E-state index is 0.150. The Hall–Kier alpha value is -1.55. The number of hydrogen-bond donors (Lipinski definition) is 0. The fourth-order valence-electron chi connectivity index (χ4n) is 1.67. The minimum atomic E-state index is -0.395. The molecule has 0 atom stereocenters. The molecule has 0 unspecified atom stereocenters. The van der Waals surface area contributed by atoms with Gasteiger partial charge in [-0.3, -0.25) is 9.13 Å². The average Bonchev–Trinajstić information content (AvgIpc) is 2.65. The third-order valence-electron chi connectivity index (χ3n) is 2.65.